The van der Waals surface area contributed by atoms with E-state index in [1.807, 2.05) is 23.1 Å². The van der Waals surface area contributed by atoms with Crippen molar-refractivity contribution in [2.45, 2.75) is 58.4 Å². The molecule has 1 aromatic carbocycles. The number of rotatable bonds is 8. The second-order valence-electron chi connectivity index (χ2n) is 8.56. The summed E-state index contributed by atoms with van der Waals surface area (Å²) >= 11 is 0. The smallest absolute Gasteiger partial charge is 0.321 e. The largest absolute Gasteiger partial charge is 0.357 e. The summed E-state index contributed by atoms with van der Waals surface area (Å²) in [6.07, 6.45) is 8.78. The maximum Gasteiger partial charge on any atom is 0.321 e. The van der Waals surface area contributed by atoms with Crippen LogP contribution in [-0.2, 0) is 6.54 Å². The highest BCUT2D eigenvalue weighted by molar-refractivity contribution is 14.0. The first-order chi connectivity index (χ1) is 15.2. The Morgan fingerprint density at radius 1 is 1.00 bits per heavy atom. The molecule has 2 heterocycles. The molecule has 2 aliphatic rings. The Morgan fingerprint density at radius 2 is 1.72 bits per heavy atom. The molecular formula is C24H41IN6O. The molecule has 3 rings (SSSR count). The summed E-state index contributed by atoms with van der Waals surface area (Å²) in [5.74, 6) is 0.852. The third-order valence-corrected chi connectivity index (χ3v) is 5.98. The van der Waals surface area contributed by atoms with Gasteiger partial charge in [0.1, 0.15) is 0 Å². The Morgan fingerprint density at radius 3 is 2.44 bits per heavy atom. The van der Waals surface area contributed by atoms with Gasteiger partial charge in [0, 0.05) is 31.9 Å². The van der Waals surface area contributed by atoms with Gasteiger partial charge in [-0.15, -0.1) is 24.0 Å². The second-order valence-corrected chi connectivity index (χ2v) is 8.56. The number of hydrogen-bond donors (Lipinski definition) is 3. The molecule has 2 saturated heterocycles. The first kappa shape index (κ1) is 26.7. The molecule has 1 aromatic rings. The lowest BCUT2D eigenvalue weighted by Gasteiger charge is -2.20. The first-order valence-electron chi connectivity index (χ1n) is 12.1. The number of halogens is 1. The lowest BCUT2D eigenvalue weighted by Crippen LogP contribution is -2.39. The van der Waals surface area contributed by atoms with E-state index in [0.717, 1.165) is 69.2 Å². The number of nitrogens with one attached hydrogen (secondary N) is 3. The second kappa shape index (κ2) is 15.3. The van der Waals surface area contributed by atoms with Gasteiger partial charge in [0.15, 0.2) is 5.96 Å². The van der Waals surface area contributed by atoms with Crippen molar-refractivity contribution >= 4 is 41.7 Å². The predicted octanol–water partition coefficient (Wildman–Crippen LogP) is 4.25. The van der Waals surface area contributed by atoms with Crippen molar-refractivity contribution in [3.8, 4) is 0 Å². The van der Waals surface area contributed by atoms with E-state index in [9.17, 15) is 4.79 Å². The Hall–Kier alpha value is -1.55. The zero-order valence-corrected chi connectivity index (χ0v) is 21.9. The summed E-state index contributed by atoms with van der Waals surface area (Å²) in [5.41, 5.74) is 1.92. The van der Waals surface area contributed by atoms with Gasteiger partial charge in [-0.2, -0.15) is 0 Å². The number of carbonyl (C=O) groups is 1. The topological polar surface area (TPSA) is 72.0 Å². The molecule has 2 aliphatic heterocycles. The quantitative estimate of drug-likeness (QED) is 0.194. The van der Waals surface area contributed by atoms with E-state index >= 15 is 0 Å². The van der Waals surface area contributed by atoms with E-state index in [4.69, 9.17) is 4.99 Å². The van der Waals surface area contributed by atoms with Crippen LogP contribution in [0.4, 0.5) is 10.5 Å². The van der Waals surface area contributed by atoms with E-state index in [1.54, 1.807) is 0 Å². The Balaban J connectivity index is 0.00000363. The lowest BCUT2D eigenvalue weighted by molar-refractivity contribution is 0.222. The van der Waals surface area contributed by atoms with Crippen molar-refractivity contribution in [1.29, 1.82) is 0 Å². The molecule has 0 aromatic heterocycles. The monoisotopic (exact) mass is 556 g/mol. The minimum atomic E-state index is -0.00225. The van der Waals surface area contributed by atoms with E-state index in [2.05, 4.69) is 33.8 Å². The number of benzene rings is 1. The average Bonchev–Trinajstić information content (AvgIpc) is 3.20. The molecule has 7 nitrogen and oxygen atoms in total. The number of anilines is 1. The first-order valence-corrected chi connectivity index (χ1v) is 12.1. The minimum Gasteiger partial charge on any atom is -0.357 e. The van der Waals surface area contributed by atoms with E-state index in [0.29, 0.717) is 6.54 Å². The van der Waals surface area contributed by atoms with Crippen molar-refractivity contribution in [2.75, 3.05) is 51.1 Å². The lowest BCUT2D eigenvalue weighted by atomic mass is 10.2. The van der Waals surface area contributed by atoms with Crippen LogP contribution in [0.15, 0.2) is 29.3 Å². The number of carbonyl (C=O) groups excluding carboxylic acids is 1. The summed E-state index contributed by atoms with van der Waals surface area (Å²) in [6, 6.07) is 7.98. The van der Waals surface area contributed by atoms with Crippen LogP contribution in [0.25, 0.3) is 0 Å². The normalized spacial score (nSPS) is 17.4. The summed E-state index contributed by atoms with van der Waals surface area (Å²) in [4.78, 5) is 21.5. The van der Waals surface area contributed by atoms with E-state index in [1.165, 1.54) is 38.8 Å². The van der Waals surface area contributed by atoms with Crippen LogP contribution in [0.2, 0.25) is 0 Å². The zero-order valence-electron chi connectivity index (χ0n) is 19.6. The van der Waals surface area contributed by atoms with Crippen LogP contribution >= 0.6 is 24.0 Å². The zero-order chi connectivity index (χ0) is 21.7. The van der Waals surface area contributed by atoms with Gasteiger partial charge in [-0.25, -0.2) is 9.79 Å². The van der Waals surface area contributed by atoms with Gasteiger partial charge in [-0.3, -0.25) is 0 Å². The summed E-state index contributed by atoms with van der Waals surface area (Å²) in [6.45, 7) is 9.79. The molecule has 180 valence electrons. The average molecular weight is 557 g/mol. The highest BCUT2D eigenvalue weighted by Gasteiger charge is 2.17. The Labute approximate surface area is 210 Å². The molecule has 0 unspecified atom stereocenters. The summed E-state index contributed by atoms with van der Waals surface area (Å²) in [5, 5.41) is 9.82. The standard InChI is InChI=1S/C24H40N6O.HI/c1-2-25-23(26-13-10-16-29-14-5-3-4-6-15-29)27-20-21-11-9-12-22(19-21)28-24(31)30-17-7-8-18-30;/h9,11-12,19H,2-8,10,13-18,20H2,1H3,(H,28,31)(H2,25,26,27);1H. The van der Waals surface area contributed by atoms with Crippen LogP contribution in [0.5, 0.6) is 0 Å². The maximum absolute atomic E-state index is 12.3. The van der Waals surface area contributed by atoms with E-state index < -0.39 is 0 Å². The number of likely N-dealkylation sites (tertiary alicyclic amines) is 2. The molecular weight excluding hydrogens is 515 g/mol. The molecule has 32 heavy (non-hydrogen) atoms. The molecule has 0 radical (unpaired) electrons. The van der Waals surface area contributed by atoms with Gasteiger partial charge >= 0.3 is 6.03 Å². The molecule has 3 N–H and O–H groups in total. The maximum atomic E-state index is 12.3. The highest BCUT2D eigenvalue weighted by atomic mass is 127. The van der Waals surface area contributed by atoms with Crippen molar-refractivity contribution in [3.05, 3.63) is 29.8 Å². The van der Waals surface area contributed by atoms with Gasteiger partial charge in [-0.1, -0.05) is 25.0 Å². The van der Waals surface area contributed by atoms with Crippen LogP contribution < -0.4 is 16.0 Å². The number of urea groups is 1. The molecule has 8 heteroatoms. The highest BCUT2D eigenvalue weighted by Crippen LogP contribution is 2.15. The number of guanidine groups is 1. The Bertz CT molecular complexity index is 699. The van der Waals surface area contributed by atoms with Gasteiger partial charge in [0.05, 0.1) is 6.54 Å². The molecule has 0 bridgehead atoms. The van der Waals surface area contributed by atoms with Crippen molar-refractivity contribution in [3.63, 3.8) is 0 Å². The van der Waals surface area contributed by atoms with Crippen LogP contribution in [0.1, 0.15) is 57.4 Å². The van der Waals surface area contributed by atoms with Gasteiger partial charge < -0.3 is 25.8 Å². The molecule has 0 saturated carbocycles. The third kappa shape index (κ3) is 9.52. The Kier molecular flexibility index (Phi) is 12.8. The third-order valence-electron chi connectivity index (χ3n) is 5.98. The molecule has 0 spiro atoms. The van der Waals surface area contributed by atoms with Crippen LogP contribution in [0, 0.1) is 0 Å². The molecule has 2 amide bonds. The van der Waals surface area contributed by atoms with E-state index in [-0.39, 0.29) is 30.0 Å². The van der Waals surface area contributed by atoms with Gasteiger partial charge in [0.2, 0.25) is 0 Å². The SMILES string of the molecule is CCNC(=NCc1cccc(NC(=O)N2CCCC2)c1)NCCCN1CCCCCC1.I. The van der Waals surface area contributed by atoms with Crippen molar-refractivity contribution in [2.24, 2.45) is 4.99 Å². The van der Waals surface area contributed by atoms with Crippen LogP contribution in [0.3, 0.4) is 0 Å². The predicted molar refractivity (Wildman–Crippen MR) is 144 cm³/mol. The number of amides is 2. The van der Waals surface area contributed by atoms with Gasteiger partial charge in [0.25, 0.3) is 0 Å². The van der Waals surface area contributed by atoms with Gasteiger partial charge in [-0.05, 0) is 76.4 Å². The molecule has 0 aliphatic carbocycles. The fourth-order valence-electron chi connectivity index (χ4n) is 4.25. The van der Waals surface area contributed by atoms with Crippen molar-refractivity contribution in [1.82, 2.24) is 20.4 Å². The fourth-order valence-corrected chi connectivity index (χ4v) is 4.25. The van der Waals surface area contributed by atoms with Crippen LogP contribution in [-0.4, -0.2) is 67.6 Å². The summed E-state index contributed by atoms with van der Waals surface area (Å²) in [7, 11) is 0. The number of hydrogen-bond acceptors (Lipinski definition) is 3. The molecule has 0 atom stereocenters. The summed E-state index contributed by atoms with van der Waals surface area (Å²) < 4.78 is 0. The molecule has 2 fully saturated rings. The fraction of sp³-hybridized carbons (Fsp3) is 0.667. The number of nitrogens with zero attached hydrogens (tertiary/aromatic N) is 3. The number of aliphatic imine (C=N–C) groups is 1. The minimum absolute atomic E-state index is 0. The van der Waals surface area contributed by atoms with Crippen molar-refractivity contribution < 1.29 is 4.79 Å².